The Labute approximate surface area is 272 Å². The van der Waals surface area contributed by atoms with Gasteiger partial charge in [0.15, 0.2) is 0 Å². The second-order valence-electron chi connectivity index (χ2n) is 11.8. The molecule has 0 unspecified atom stereocenters. The van der Waals surface area contributed by atoms with Gasteiger partial charge < -0.3 is 4.57 Å². The SMILES string of the molecule is N#Cc1cc2c(cc1C#N)n1c3ccccc3nc1n(-c1ccc(-n3c4ccccc4c4ccccc43)cc1)c1nc3ccccc3n21. The summed E-state index contributed by atoms with van der Waals surface area (Å²) in [6.45, 7) is 0. The van der Waals surface area contributed by atoms with Gasteiger partial charge in [0, 0.05) is 16.5 Å². The summed E-state index contributed by atoms with van der Waals surface area (Å²) < 4.78 is 8.49. The lowest BCUT2D eigenvalue weighted by atomic mass is 10.1. The lowest BCUT2D eigenvalue weighted by molar-refractivity contribution is 1.02. The number of imidazole rings is 2. The molecule has 0 fully saturated rings. The third-order valence-corrected chi connectivity index (χ3v) is 9.27. The van der Waals surface area contributed by atoms with E-state index in [4.69, 9.17) is 9.97 Å². The molecule has 0 spiro atoms. The van der Waals surface area contributed by atoms with Gasteiger partial charge in [0.25, 0.3) is 0 Å². The van der Waals surface area contributed by atoms with Gasteiger partial charge in [-0.25, -0.2) is 14.5 Å². The lowest BCUT2D eigenvalue weighted by Gasteiger charge is -2.11. The Morgan fingerprint density at radius 3 is 1.27 bits per heavy atom. The van der Waals surface area contributed by atoms with Crippen molar-refractivity contribution in [2.75, 3.05) is 0 Å². The Kier molecular flexibility index (Phi) is 5.26. The van der Waals surface area contributed by atoms with E-state index < -0.39 is 0 Å². The average molecular weight is 615 g/mol. The van der Waals surface area contributed by atoms with Crippen LogP contribution in [-0.4, -0.2) is 27.9 Å². The van der Waals surface area contributed by atoms with E-state index >= 15 is 0 Å². The number of aromatic nitrogens is 6. The zero-order valence-electron chi connectivity index (χ0n) is 25.3. The highest BCUT2D eigenvalue weighted by molar-refractivity contribution is 6.09. The molecule has 0 saturated heterocycles. The van der Waals surface area contributed by atoms with Crippen LogP contribution in [0.1, 0.15) is 11.1 Å². The van der Waals surface area contributed by atoms with Crippen LogP contribution >= 0.6 is 0 Å². The number of para-hydroxylation sites is 6. The van der Waals surface area contributed by atoms with Crippen LogP contribution in [0.4, 0.5) is 0 Å². The van der Waals surface area contributed by atoms with Crippen molar-refractivity contribution < 1.29 is 0 Å². The molecule has 0 atom stereocenters. The summed E-state index contributed by atoms with van der Waals surface area (Å²) in [6.07, 6.45) is 0. The quantitative estimate of drug-likeness (QED) is 0.195. The fraction of sp³-hybridized carbons (Fsp3) is 0. The molecule has 8 nitrogen and oxygen atoms in total. The predicted molar refractivity (Wildman–Crippen MR) is 188 cm³/mol. The zero-order chi connectivity index (χ0) is 31.9. The summed E-state index contributed by atoms with van der Waals surface area (Å²) in [5, 5.41) is 22.6. The van der Waals surface area contributed by atoms with Gasteiger partial charge in [0.05, 0.1) is 60.9 Å². The third-order valence-electron chi connectivity index (χ3n) is 9.27. The largest absolute Gasteiger partial charge is 0.309 e. The van der Waals surface area contributed by atoms with Crippen molar-refractivity contribution in [1.29, 1.82) is 10.5 Å². The van der Waals surface area contributed by atoms with E-state index in [-0.39, 0.29) is 0 Å². The van der Waals surface area contributed by atoms with Crippen molar-refractivity contribution in [2.24, 2.45) is 0 Å². The highest BCUT2D eigenvalue weighted by atomic mass is 15.3. The number of benzene rings is 6. The second-order valence-corrected chi connectivity index (χ2v) is 11.8. The molecule has 0 radical (unpaired) electrons. The smallest absolute Gasteiger partial charge is 0.223 e. The maximum absolute atomic E-state index is 10.1. The first-order valence-electron chi connectivity index (χ1n) is 15.6. The number of rotatable bonds is 2. The summed E-state index contributed by atoms with van der Waals surface area (Å²) in [5.41, 5.74) is 9.62. The molecule has 0 bridgehead atoms. The van der Waals surface area contributed by atoms with E-state index in [2.05, 4.69) is 103 Å². The molecule has 4 aromatic heterocycles. The normalized spacial score (nSPS) is 11.7. The van der Waals surface area contributed by atoms with Crippen LogP contribution in [0, 0.1) is 22.7 Å². The van der Waals surface area contributed by atoms with Crippen LogP contribution in [0.2, 0.25) is 0 Å². The van der Waals surface area contributed by atoms with Gasteiger partial charge in [-0.1, -0.05) is 60.7 Å². The van der Waals surface area contributed by atoms with Crippen LogP contribution in [0.3, 0.4) is 0 Å². The van der Waals surface area contributed by atoms with Crippen molar-refractivity contribution >= 4 is 66.5 Å². The molecule has 48 heavy (non-hydrogen) atoms. The summed E-state index contributed by atoms with van der Waals surface area (Å²) in [4.78, 5) is 10.3. The average Bonchev–Trinajstić information content (AvgIpc) is 3.79. The van der Waals surface area contributed by atoms with Gasteiger partial charge in [-0.15, -0.1) is 0 Å². The van der Waals surface area contributed by atoms with Gasteiger partial charge in [-0.3, -0.25) is 8.80 Å². The Hall–Kier alpha value is -7.16. The maximum atomic E-state index is 10.1. The third kappa shape index (κ3) is 3.46. The van der Waals surface area contributed by atoms with Gasteiger partial charge >= 0.3 is 0 Å². The molecule has 0 saturated carbocycles. The predicted octanol–water partition coefficient (Wildman–Crippen LogP) is 8.63. The van der Waals surface area contributed by atoms with E-state index in [9.17, 15) is 10.5 Å². The molecule has 0 aliphatic carbocycles. The van der Waals surface area contributed by atoms with Crippen LogP contribution < -0.4 is 0 Å². The molecule has 8 heteroatoms. The molecule has 10 rings (SSSR count). The van der Waals surface area contributed by atoms with E-state index in [1.54, 1.807) is 12.1 Å². The molecular weight excluding hydrogens is 592 g/mol. The highest BCUT2D eigenvalue weighted by Gasteiger charge is 2.20. The first-order valence-corrected chi connectivity index (χ1v) is 15.6. The Morgan fingerprint density at radius 1 is 0.417 bits per heavy atom. The van der Waals surface area contributed by atoms with Crippen molar-refractivity contribution in [3.05, 3.63) is 145 Å². The Morgan fingerprint density at radius 2 is 0.812 bits per heavy atom. The molecule has 0 amide bonds. The highest BCUT2D eigenvalue weighted by Crippen LogP contribution is 2.34. The summed E-state index contributed by atoms with van der Waals surface area (Å²) in [6, 6.07) is 49.4. The van der Waals surface area contributed by atoms with Gasteiger partial charge in [-0.05, 0) is 72.8 Å². The van der Waals surface area contributed by atoms with Crippen molar-refractivity contribution in [2.45, 2.75) is 0 Å². The minimum Gasteiger partial charge on any atom is -0.309 e. The fourth-order valence-electron chi connectivity index (χ4n) is 7.19. The topological polar surface area (TPSA) is 92.0 Å². The molecular formula is C40H22N8. The molecule has 0 N–H and O–H groups in total. The van der Waals surface area contributed by atoms with Crippen LogP contribution in [0.5, 0.6) is 0 Å². The monoisotopic (exact) mass is 614 g/mol. The Bertz CT molecular complexity index is 2900. The molecule has 4 heterocycles. The molecule has 10 aromatic rings. The number of hydrogen-bond acceptors (Lipinski definition) is 4. The minimum absolute atomic E-state index is 0.301. The van der Waals surface area contributed by atoms with Gasteiger partial charge in [-0.2, -0.15) is 10.5 Å². The Balaban J connectivity index is 1.36. The summed E-state index contributed by atoms with van der Waals surface area (Å²) >= 11 is 0. The number of hydrogen-bond donors (Lipinski definition) is 0. The van der Waals surface area contributed by atoms with E-state index in [0.29, 0.717) is 22.7 Å². The second kappa shape index (κ2) is 9.67. The van der Waals surface area contributed by atoms with Crippen LogP contribution in [0.25, 0.3) is 77.8 Å². The standard InChI is InChI=1S/C40H22N8/c41-23-25-21-37-38(22-26(25)24-42)48-36-16-8-4-12-32(36)44-40(48)46(39-43-31-11-3-7-15-35(31)47(37)39)28-19-17-27(18-20-28)45-33-13-5-1-9-29(33)30-10-2-6-14-34(30)45/h1-22H. The number of fused-ring (bicyclic) bond motifs is 12. The zero-order valence-corrected chi connectivity index (χ0v) is 25.3. The number of nitrogens with zero attached hydrogens (tertiary/aromatic N) is 8. The molecule has 222 valence electrons. The van der Waals surface area contributed by atoms with Crippen LogP contribution in [-0.2, 0) is 0 Å². The van der Waals surface area contributed by atoms with Crippen molar-refractivity contribution in [3.8, 4) is 23.5 Å². The lowest BCUT2D eigenvalue weighted by Crippen LogP contribution is -2.02. The van der Waals surface area contributed by atoms with E-state index in [0.717, 1.165) is 55.5 Å². The number of nitriles is 2. The molecule has 0 aliphatic rings. The van der Waals surface area contributed by atoms with Gasteiger partial charge in [0.1, 0.15) is 12.1 Å². The summed E-state index contributed by atoms with van der Waals surface area (Å²) in [5.74, 6) is 1.26. The fourth-order valence-corrected chi connectivity index (χ4v) is 7.19. The molecule has 0 aliphatic heterocycles. The van der Waals surface area contributed by atoms with Crippen LogP contribution in [0.15, 0.2) is 133 Å². The van der Waals surface area contributed by atoms with Crippen molar-refractivity contribution in [1.82, 2.24) is 27.9 Å². The maximum Gasteiger partial charge on any atom is 0.223 e. The van der Waals surface area contributed by atoms with E-state index in [1.165, 1.54) is 10.8 Å². The molecule has 6 aromatic carbocycles. The first kappa shape index (κ1) is 26.1. The van der Waals surface area contributed by atoms with E-state index in [1.807, 2.05) is 48.5 Å². The minimum atomic E-state index is 0.301. The summed E-state index contributed by atoms with van der Waals surface area (Å²) in [7, 11) is 0. The first-order chi connectivity index (χ1) is 23.7. The van der Waals surface area contributed by atoms with Crippen molar-refractivity contribution in [3.63, 3.8) is 0 Å². The van der Waals surface area contributed by atoms with Gasteiger partial charge in [0.2, 0.25) is 11.6 Å².